The Kier molecular flexibility index (Phi) is 6.27. The average molecular weight is 510 g/mol. The van der Waals surface area contributed by atoms with Crippen LogP contribution in [0.5, 0.6) is 17.2 Å². The number of ether oxygens (including phenoxy) is 2. The van der Waals surface area contributed by atoms with Crippen molar-refractivity contribution in [1.29, 1.82) is 0 Å². The van der Waals surface area contributed by atoms with Crippen molar-refractivity contribution in [1.82, 2.24) is 15.2 Å². The van der Waals surface area contributed by atoms with Gasteiger partial charge in [0.05, 0.1) is 28.9 Å². The van der Waals surface area contributed by atoms with Crippen LogP contribution in [-0.4, -0.2) is 47.0 Å². The molecule has 36 heavy (non-hydrogen) atoms. The zero-order chi connectivity index (χ0) is 25.4. The van der Waals surface area contributed by atoms with Crippen molar-refractivity contribution in [3.63, 3.8) is 0 Å². The maximum Gasteiger partial charge on any atom is 0.330 e. The standard InChI is InChI=1S/C25H24ClN5O5/c1-35-22-12-20-16(11-17(22)23(27)32)21(8-9-28-20)36-15-6-7-19(18(26)10-15)30-25(34)31(14-4-5-14)24(33)29-13-2-3-13/h6-14H,2-5H2,1H3,(H2,27,32)(H,29,33)(H,30,34). The lowest BCUT2D eigenvalue weighted by Crippen LogP contribution is -2.47. The van der Waals surface area contributed by atoms with Gasteiger partial charge in [-0.1, -0.05) is 11.6 Å². The normalized spacial score (nSPS) is 14.7. The summed E-state index contributed by atoms with van der Waals surface area (Å²) in [5.74, 6) is 0.494. The Bertz CT molecular complexity index is 1370. The molecule has 0 radical (unpaired) electrons. The summed E-state index contributed by atoms with van der Waals surface area (Å²) in [6.07, 6.45) is 5.01. The number of nitrogens with two attached hydrogens (primary N) is 1. The zero-order valence-corrected chi connectivity index (χ0v) is 20.2. The summed E-state index contributed by atoms with van der Waals surface area (Å²) in [5.41, 5.74) is 6.58. The predicted molar refractivity (Wildman–Crippen MR) is 134 cm³/mol. The molecule has 2 fully saturated rings. The second kappa shape index (κ2) is 9.54. The largest absolute Gasteiger partial charge is 0.496 e. The van der Waals surface area contributed by atoms with Crippen LogP contribution in [0.25, 0.3) is 10.9 Å². The molecule has 186 valence electrons. The number of imide groups is 1. The number of nitrogens with one attached hydrogen (secondary N) is 2. The molecule has 0 bridgehead atoms. The smallest absolute Gasteiger partial charge is 0.330 e. The molecule has 5 amide bonds. The predicted octanol–water partition coefficient (Wildman–Crippen LogP) is 4.66. The fourth-order valence-electron chi connectivity index (χ4n) is 3.79. The molecule has 5 rings (SSSR count). The fourth-order valence-corrected chi connectivity index (χ4v) is 4.01. The molecule has 0 unspecified atom stereocenters. The van der Waals surface area contributed by atoms with Gasteiger partial charge in [0, 0.05) is 35.8 Å². The highest BCUT2D eigenvalue weighted by molar-refractivity contribution is 6.34. The van der Waals surface area contributed by atoms with Crippen LogP contribution < -0.4 is 25.8 Å². The van der Waals surface area contributed by atoms with Crippen LogP contribution in [0.4, 0.5) is 15.3 Å². The van der Waals surface area contributed by atoms with E-state index in [0.29, 0.717) is 33.8 Å². The van der Waals surface area contributed by atoms with Crippen molar-refractivity contribution in [2.24, 2.45) is 5.73 Å². The van der Waals surface area contributed by atoms with Crippen molar-refractivity contribution >= 4 is 46.2 Å². The number of amides is 5. The number of pyridine rings is 1. The van der Waals surface area contributed by atoms with Gasteiger partial charge in [0.25, 0.3) is 5.91 Å². The number of anilines is 1. The molecule has 2 aliphatic rings. The van der Waals surface area contributed by atoms with E-state index in [-0.39, 0.29) is 28.7 Å². The SMILES string of the molecule is COc1cc2nccc(Oc3ccc(NC(=O)N(C(=O)NC4CC4)C4CC4)c(Cl)c3)c2cc1C(N)=O. The maximum absolute atomic E-state index is 12.9. The van der Waals surface area contributed by atoms with Crippen LogP contribution in [-0.2, 0) is 0 Å². The molecule has 2 aromatic carbocycles. The number of halogens is 1. The number of carbonyl (C=O) groups excluding carboxylic acids is 3. The van der Waals surface area contributed by atoms with Crippen molar-refractivity contribution in [2.45, 2.75) is 37.8 Å². The van der Waals surface area contributed by atoms with Crippen LogP contribution in [0.15, 0.2) is 42.6 Å². The molecule has 10 nitrogen and oxygen atoms in total. The first-order valence-corrected chi connectivity index (χ1v) is 11.9. The first-order valence-electron chi connectivity index (χ1n) is 11.5. The lowest BCUT2D eigenvalue weighted by Gasteiger charge is -2.22. The number of nitrogens with zero attached hydrogens (tertiary/aromatic N) is 2. The average Bonchev–Trinajstić information content (AvgIpc) is 3.77. The molecular formula is C25H24ClN5O5. The Morgan fingerprint density at radius 3 is 2.47 bits per heavy atom. The second-order valence-corrected chi connectivity index (χ2v) is 9.15. The van der Waals surface area contributed by atoms with E-state index in [1.54, 1.807) is 42.6 Å². The lowest BCUT2D eigenvalue weighted by molar-refractivity contribution is 0.0997. The summed E-state index contributed by atoms with van der Waals surface area (Å²) in [6.45, 7) is 0. The van der Waals surface area contributed by atoms with Crippen LogP contribution in [0, 0.1) is 0 Å². The molecule has 1 aromatic heterocycles. The number of carbonyl (C=O) groups is 3. The van der Waals surface area contributed by atoms with E-state index in [1.807, 2.05) is 0 Å². The molecule has 0 saturated heterocycles. The first kappa shape index (κ1) is 23.7. The molecule has 11 heteroatoms. The van der Waals surface area contributed by atoms with E-state index in [9.17, 15) is 14.4 Å². The van der Waals surface area contributed by atoms with Gasteiger partial charge < -0.3 is 25.8 Å². The Morgan fingerprint density at radius 1 is 1.06 bits per heavy atom. The monoisotopic (exact) mass is 509 g/mol. The highest BCUT2D eigenvalue weighted by Crippen LogP contribution is 2.36. The molecule has 4 N–H and O–H groups in total. The summed E-state index contributed by atoms with van der Waals surface area (Å²) in [7, 11) is 1.44. The van der Waals surface area contributed by atoms with E-state index in [1.165, 1.54) is 12.0 Å². The van der Waals surface area contributed by atoms with Crippen LogP contribution >= 0.6 is 11.6 Å². The Hall–Kier alpha value is -4.05. The quantitative estimate of drug-likeness (QED) is 0.424. The minimum Gasteiger partial charge on any atom is -0.496 e. The molecular weight excluding hydrogens is 486 g/mol. The zero-order valence-electron chi connectivity index (χ0n) is 19.4. The third-order valence-corrected chi connectivity index (χ3v) is 6.27. The number of aromatic nitrogens is 1. The minimum absolute atomic E-state index is 0.103. The molecule has 0 spiro atoms. The van der Waals surface area contributed by atoms with E-state index in [2.05, 4.69) is 15.6 Å². The van der Waals surface area contributed by atoms with Gasteiger partial charge in [-0.3, -0.25) is 9.78 Å². The topological polar surface area (TPSA) is 136 Å². The second-order valence-electron chi connectivity index (χ2n) is 8.74. The van der Waals surface area contributed by atoms with Gasteiger partial charge in [-0.2, -0.15) is 0 Å². The molecule has 0 aliphatic heterocycles. The van der Waals surface area contributed by atoms with Gasteiger partial charge >= 0.3 is 12.1 Å². The Balaban J connectivity index is 1.35. The molecule has 2 saturated carbocycles. The Labute approximate surface area is 211 Å². The van der Waals surface area contributed by atoms with E-state index < -0.39 is 11.9 Å². The van der Waals surface area contributed by atoms with E-state index in [4.69, 9.17) is 26.8 Å². The van der Waals surface area contributed by atoms with E-state index in [0.717, 1.165) is 25.7 Å². The number of hydrogen-bond acceptors (Lipinski definition) is 6. The molecule has 1 heterocycles. The van der Waals surface area contributed by atoms with Gasteiger partial charge in [0.1, 0.15) is 17.2 Å². The van der Waals surface area contributed by atoms with Crippen molar-refractivity contribution < 1.29 is 23.9 Å². The number of hydrogen-bond donors (Lipinski definition) is 3. The summed E-state index contributed by atoms with van der Waals surface area (Å²) in [4.78, 5) is 42.8. The summed E-state index contributed by atoms with van der Waals surface area (Å²) in [5, 5.41) is 6.37. The third-order valence-electron chi connectivity index (χ3n) is 5.95. The fraction of sp³-hybridized carbons (Fsp3) is 0.280. The Morgan fingerprint density at radius 2 is 1.83 bits per heavy atom. The maximum atomic E-state index is 12.9. The highest BCUT2D eigenvalue weighted by Gasteiger charge is 2.39. The number of benzene rings is 2. The van der Waals surface area contributed by atoms with Gasteiger partial charge in [0.2, 0.25) is 0 Å². The molecule has 2 aliphatic carbocycles. The van der Waals surface area contributed by atoms with Crippen LogP contribution in [0.1, 0.15) is 36.0 Å². The van der Waals surface area contributed by atoms with Crippen molar-refractivity contribution in [2.75, 3.05) is 12.4 Å². The number of rotatable bonds is 7. The molecule has 0 atom stereocenters. The first-order chi connectivity index (χ1) is 17.3. The minimum atomic E-state index is -0.641. The van der Waals surface area contributed by atoms with Gasteiger partial charge in [-0.15, -0.1) is 0 Å². The van der Waals surface area contributed by atoms with Crippen LogP contribution in [0.3, 0.4) is 0 Å². The summed E-state index contributed by atoms with van der Waals surface area (Å²) in [6, 6.07) is 8.74. The summed E-state index contributed by atoms with van der Waals surface area (Å²) < 4.78 is 11.3. The number of urea groups is 2. The number of methoxy groups -OCH3 is 1. The van der Waals surface area contributed by atoms with Crippen LogP contribution in [0.2, 0.25) is 5.02 Å². The molecule has 3 aromatic rings. The van der Waals surface area contributed by atoms with Crippen molar-refractivity contribution in [3.05, 3.63) is 53.2 Å². The highest BCUT2D eigenvalue weighted by atomic mass is 35.5. The van der Waals surface area contributed by atoms with Gasteiger partial charge in [-0.25, -0.2) is 14.5 Å². The van der Waals surface area contributed by atoms with E-state index >= 15 is 0 Å². The van der Waals surface area contributed by atoms with Gasteiger partial charge in [-0.05, 0) is 49.9 Å². The lowest BCUT2D eigenvalue weighted by atomic mass is 10.1. The summed E-state index contributed by atoms with van der Waals surface area (Å²) >= 11 is 6.43. The third kappa shape index (κ3) is 4.99. The van der Waals surface area contributed by atoms with Gasteiger partial charge in [0.15, 0.2) is 0 Å². The number of primary amides is 1. The number of fused-ring (bicyclic) bond motifs is 1. The van der Waals surface area contributed by atoms with Crippen molar-refractivity contribution in [3.8, 4) is 17.2 Å².